The number of carbonyl (C=O) groups is 1. The summed E-state index contributed by atoms with van der Waals surface area (Å²) in [5.41, 5.74) is 1.71. The van der Waals surface area contributed by atoms with E-state index in [1.54, 1.807) is 0 Å². The van der Waals surface area contributed by atoms with Gasteiger partial charge in [0.25, 0.3) is 5.91 Å². The molecule has 0 bridgehead atoms. The van der Waals surface area contributed by atoms with Crippen molar-refractivity contribution in [3.63, 3.8) is 0 Å². The van der Waals surface area contributed by atoms with Gasteiger partial charge in [0.1, 0.15) is 18.1 Å². The molecule has 1 aromatic carbocycles. The van der Waals surface area contributed by atoms with E-state index in [4.69, 9.17) is 16.3 Å². The Morgan fingerprint density at radius 2 is 1.81 bits per heavy atom. The molecule has 0 unspecified atom stereocenters. The average Bonchev–Trinajstić information content (AvgIpc) is 3.13. The molecule has 27 heavy (non-hydrogen) atoms. The molecule has 0 N–H and O–H groups in total. The zero-order chi connectivity index (χ0) is 18.4. The lowest BCUT2D eigenvalue weighted by Gasteiger charge is -2.40. The van der Waals surface area contributed by atoms with Crippen LogP contribution in [0.3, 0.4) is 0 Å². The monoisotopic (exact) mass is 387 g/mol. The number of hydrogen-bond acceptors (Lipinski definition) is 3. The number of benzene rings is 1. The van der Waals surface area contributed by atoms with Gasteiger partial charge in [-0.05, 0) is 57.0 Å². The van der Waals surface area contributed by atoms with Crippen LogP contribution in [0, 0.1) is 0 Å². The van der Waals surface area contributed by atoms with Crippen molar-refractivity contribution in [2.24, 2.45) is 0 Å². The second kappa shape index (κ2) is 7.02. The van der Waals surface area contributed by atoms with Crippen LogP contribution in [-0.2, 0) is 6.54 Å². The topological polar surface area (TPSA) is 37.7 Å². The first-order valence-electron chi connectivity index (χ1n) is 10.2. The first-order valence-corrected chi connectivity index (χ1v) is 10.6. The van der Waals surface area contributed by atoms with Gasteiger partial charge >= 0.3 is 0 Å². The highest BCUT2D eigenvalue weighted by molar-refractivity contribution is 6.36. The summed E-state index contributed by atoms with van der Waals surface area (Å²) in [6.07, 6.45) is 6.18. The molecule has 3 aliphatic rings. The quantitative estimate of drug-likeness (QED) is 0.787. The average molecular weight is 388 g/mol. The number of aromatic nitrogens is 1. The van der Waals surface area contributed by atoms with Gasteiger partial charge in [-0.25, -0.2) is 0 Å². The maximum Gasteiger partial charge on any atom is 0.270 e. The van der Waals surface area contributed by atoms with Crippen LogP contribution in [0.5, 0.6) is 5.75 Å². The molecule has 0 saturated carbocycles. The van der Waals surface area contributed by atoms with Gasteiger partial charge in [0.15, 0.2) is 0 Å². The molecular formula is C21H26ClN3O2. The first-order chi connectivity index (χ1) is 13.2. The Kier molecular flexibility index (Phi) is 4.52. The van der Waals surface area contributed by atoms with Crippen molar-refractivity contribution in [1.29, 1.82) is 0 Å². The van der Waals surface area contributed by atoms with Crippen molar-refractivity contribution in [1.82, 2.24) is 14.4 Å². The van der Waals surface area contributed by atoms with Crippen molar-refractivity contribution in [2.75, 3.05) is 32.8 Å². The van der Waals surface area contributed by atoms with E-state index in [1.807, 2.05) is 23.1 Å². The van der Waals surface area contributed by atoms with E-state index < -0.39 is 0 Å². The molecule has 0 aliphatic carbocycles. The number of halogens is 1. The Labute approximate surface area is 164 Å². The number of nitrogens with zero attached hydrogens (tertiary/aromatic N) is 3. The van der Waals surface area contributed by atoms with Crippen LogP contribution >= 0.6 is 11.6 Å². The number of rotatable bonds is 2. The van der Waals surface area contributed by atoms with Crippen molar-refractivity contribution in [3.8, 4) is 5.75 Å². The van der Waals surface area contributed by atoms with E-state index in [2.05, 4.69) is 9.47 Å². The number of hydrogen-bond donors (Lipinski definition) is 0. The van der Waals surface area contributed by atoms with E-state index in [0.717, 1.165) is 48.3 Å². The summed E-state index contributed by atoms with van der Waals surface area (Å²) in [4.78, 5) is 18.0. The molecule has 1 amide bonds. The minimum atomic E-state index is 0.132. The second-order valence-corrected chi connectivity index (χ2v) is 8.36. The van der Waals surface area contributed by atoms with E-state index >= 15 is 0 Å². The van der Waals surface area contributed by atoms with Crippen LogP contribution < -0.4 is 4.74 Å². The zero-order valence-corrected chi connectivity index (χ0v) is 16.4. The fraction of sp³-hybridized carbons (Fsp3) is 0.571. The summed E-state index contributed by atoms with van der Waals surface area (Å²) in [6.45, 7) is 5.44. The van der Waals surface area contributed by atoms with Crippen LogP contribution in [0.4, 0.5) is 0 Å². The smallest absolute Gasteiger partial charge is 0.270 e. The van der Waals surface area contributed by atoms with Crippen molar-refractivity contribution in [3.05, 3.63) is 28.9 Å². The van der Waals surface area contributed by atoms with Crippen LogP contribution in [0.25, 0.3) is 10.9 Å². The highest BCUT2D eigenvalue weighted by atomic mass is 35.5. The summed E-state index contributed by atoms with van der Waals surface area (Å²) in [6, 6.07) is 6.36. The Bertz CT molecular complexity index is 864. The molecule has 2 fully saturated rings. The van der Waals surface area contributed by atoms with E-state index in [9.17, 15) is 4.79 Å². The van der Waals surface area contributed by atoms with Gasteiger partial charge < -0.3 is 19.1 Å². The van der Waals surface area contributed by atoms with Gasteiger partial charge in [-0.15, -0.1) is 0 Å². The number of amides is 1. The minimum absolute atomic E-state index is 0.132. The lowest BCUT2D eigenvalue weighted by molar-refractivity contribution is 0.0579. The van der Waals surface area contributed by atoms with Crippen LogP contribution in [0.15, 0.2) is 18.2 Å². The second-order valence-electron chi connectivity index (χ2n) is 7.96. The number of likely N-dealkylation sites (tertiary alicyclic amines) is 2. The third kappa shape index (κ3) is 3.01. The van der Waals surface area contributed by atoms with Crippen LogP contribution in [0.2, 0.25) is 5.02 Å². The third-order valence-corrected chi connectivity index (χ3v) is 6.75. The molecular weight excluding hydrogens is 362 g/mol. The first kappa shape index (κ1) is 17.4. The van der Waals surface area contributed by atoms with Crippen LogP contribution in [-0.4, -0.2) is 59.1 Å². The summed E-state index contributed by atoms with van der Waals surface area (Å²) in [7, 11) is 0. The zero-order valence-electron chi connectivity index (χ0n) is 15.6. The van der Waals surface area contributed by atoms with E-state index in [-0.39, 0.29) is 5.91 Å². The Balaban J connectivity index is 1.36. The molecule has 144 valence electrons. The van der Waals surface area contributed by atoms with Gasteiger partial charge in [0, 0.05) is 24.5 Å². The molecule has 3 aliphatic heterocycles. The Hall–Kier alpha value is -1.72. The third-order valence-electron chi connectivity index (χ3n) is 6.42. The number of piperidine rings is 2. The summed E-state index contributed by atoms with van der Waals surface area (Å²) in [5, 5.41) is 1.59. The predicted octanol–water partition coefficient (Wildman–Crippen LogP) is 3.78. The normalized spacial score (nSPS) is 21.4. The fourth-order valence-corrected chi connectivity index (χ4v) is 5.17. The van der Waals surface area contributed by atoms with Crippen molar-refractivity contribution < 1.29 is 9.53 Å². The Morgan fingerprint density at radius 1 is 1.04 bits per heavy atom. The number of ether oxygens (including phenoxy) is 1. The maximum atomic E-state index is 13.3. The fourth-order valence-electron chi connectivity index (χ4n) is 4.97. The molecule has 0 radical (unpaired) electrons. The van der Waals surface area contributed by atoms with Gasteiger partial charge in [0.05, 0.1) is 17.1 Å². The molecule has 5 rings (SSSR count). The summed E-state index contributed by atoms with van der Waals surface area (Å²) < 4.78 is 7.86. The molecule has 5 nitrogen and oxygen atoms in total. The highest BCUT2D eigenvalue weighted by Gasteiger charge is 2.30. The SMILES string of the molecule is O=C(c1cc2c(Cl)ccc3c2n1CCO3)N1CCC(N2CCCCC2)CC1. The van der Waals surface area contributed by atoms with Gasteiger partial charge in [-0.2, -0.15) is 0 Å². The van der Waals surface area contributed by atoms with E-state index in [1.165, 1.54) is 32.4 Å². The summed E-state index contributed by atoms with van der Waals surface area (Å²) in [5.74, 6) is 0.954. The largest absolute Gasteiger partial charge is 0.490 e. The predicted molar refractivity (Wildman–Crippen MR) is 107 cm³/mol. The van der Waals surface area contributed by atoms with Crippen molar-refractivity contribution >= 4 is 28.4 Å². The maximum absolute atomic E-state index is 13.3. The lowest BCUT2D eigenvalue weighted by atomic mass is 9.99. The van der Waals surface area contributed by atoms with E-state index in [0.29, 0.717) is 24.2 Å². The molecule has 6 heteroatoms. The van der Waals surface area contributed by atoms with Crippen LogP contribution in [0.1, 0.15) is 42.6 Å². The molecule has 2 saturated heterocycles. The number of carbonyl (C=O) groups excluding carboxylic acids is 1. The van der Waals surface area contributed by atoms with Gasteiger partial charge in [-0.3, -0.25) is 4.79 Å². The van der Waals surface area contributed by atoms with Gasteiger partial charge in [-0.1, -0.05) is 18.0 Å². The molecule has 4 heterocycles. The van der Waals surface area contributed by atoms with Gasteiger partial charge in [0.2, 0.25) is 0 Å². The standard InChI is InChI=1S/C21H26ClN3O2/c22-17-4-5-19-20-16(17)14-18(25(20)12-13-27-19)21(26)24-10-6-15(7-11-24)23-8-2-1-3-9-23/h4-5,14-15H,1-3,6-13H2. The lowest BCUT2D eigenvalue weighted by Crippen LogP contribution is -2.48. The molecule has 2 aromatic rings. The molecule has 1 aromatic heterocycles. The molecule has 0 atom stereocenters. The molecule has 0 spiro atoms. The summed E-state index contributed by atoms with van der Waals surface area (Å²) >= 11 is 6.39. The Morgan fingerprint density at radius 3 is 2.59 bits per heavy atom. The highest BCUT2D eigenvalue weighted by Crippen LogP contribution is 2.37. The van der Waals surface area contributed by atoms with Crippen molar-refractivity contribution in [2.45, 2.75) is 44.7 Å². The minimum Gasteiger partial charge on any atom is -0.490 e.